The van der Waals surface area contributed by atoms with Gasteiger partial charge in [0.15, 0.2) is 0 Å². The Morgan fingerprint density at radius 2 is 1.00 bits per heavy atom. The molecule has 6 nitrogen and oxygen atoms in total. The highest BCUT2D eigenvalue weighted by Gasteiger charge is 2.42. The second-order valence-electron chi connectivity index (χ2n) is 5.48. The molecular formula is C18H28N2O4P2. The maximum atomic E-state index is 5.91. The molecule has 2 aromatic rings. The van der Waals surface area contributed by atoms with Crippen LogP contribution in [0.1, 0.15) is 39.1 Å². The van der Waals surface area contributed by atoms with Crippen molar-refractivity contribution in [3.05, 3.63) is 35.7 Å². The van der Waals surface area contributed by atoms with Crippen LogP contribution in [0.2, 0.25) is 0 Å². The van der Waals surface area contributed by atoms with Crippen molar-refractivity contribution in [1.29, 1.82) is 0 Å². The van der Waals surface area contributed by atoms with E-state index in [1.165, 1.54) is 0 Å². The van der Waals surface area contributed by atoms with Gasteiger partial charge < -0.3 is 18.9 Å². The zero-order valence-corrected chi connectivity index (χ0v) is 18.1. The van der Waals surface area contributed by atoms with Gasteiger partial charge in [0.05, 0.1) is 11.0 Å². The topological polar surface area (TPSA) is 62.7 Å². The summed E-state index contributed by atoms with van der Waals surface area (Å²) in [6.07, 6.45) is 0. The summed E-state index contributed by atoms with van der Waals surface area (Å²) >= 11 is 0. The Balaban J connectivity index is 2.76. The van der Waals surface area contributed by atoms with Crippen LogP contribution in [0.4, 0.5) is 0 Å². The van der Waals surface area contributed by atoms with E-state index in [9.17, 15) is 0 Å². The number of hydrogen-bond donors (Lipinski definition) is 0. The fourth-order valence-corrected chi connectivity index (χ4v) is 3.77. The van der Waals surface area contributed by atoms with Gasteiger partial charge in [-0.15, -0.1) is 0 Å². The minimum atomic E-state index is -1.15. The molecule has 0 saturated carbocycles. The van der Waals surface area contributed by atoms with Gasteiger partial charge in [-0.3, -0.25) is 0 Å². The van der Waals surface area contributed by atoms with E-state index in [-0.39, 0.29) is 0 Å². The van der Waals surface area contributed by atoms with Crippen LogP contribution in [-0.4, -0.2) is 36.4 Å². The Hall–Kier alpha value is -0.740. The first-order valence-electron chi connectivity index (χ1n) is 8.85. The van der Waals surface area contributed by atoms with Gasteiger partial charge in [0.25, 0.3) is 0 Å². The predicted molar refractivity (Wildman–Crippen MR) is 109 cm³/mol. The van der Waals surface area contributed by atoms with Crippen LogP contribution in [0.5, 0.6) is 0 Å². The number of benzene rings is 1. The molecule has 2 unspecified atom stereocenters. The fraction of sp³-hybridized carbons (Fsp3) is 0.556. The lowest BCUT2D eigenvalue weighted by atomic mass is 10.2. The van der Waals surface area contributed by atoms with Crippen LogP contribution in [0.3, 0.4) is 0 Å². The van der Waals surface area contributed by atoms with E-state index < -0.39 is 11.1 Å². The molecule has 0 aliphatic rings. The van der Waals surface area contributed by atoms with Crippen molar-refractivity contribution < 1.29 is 18.9 Å². The Morgan fingerprint density at radius 3 is 1.27 bits per heavy atom. The molecule has 1 heterocycles. The van der Waals surface area contributed by atoms with Crippen molar-refractivity contribution in [2.75, 3.05) is 26.4 Å². The summed E-state index contributed by atoms with van der Waals surface area (Å²) in [5, 5.41) is 0. The van der Waals surface area contributed by atoms with Crippen molar-refractivity contribution in [1.82, 2.24) is 9.97 Å². The maximum Gasteiger partial charge on any atom is 0.227 e. The first kappa shape index (κ1) is 21.6. The Bertz CT molecular complexity index is 657. The largest absolute Gasteiger partial charge is 0.342 e. The molecule has 0 saturated heterocycles. The van der Waals surface area contributed by atoms with E-state index in [2.05, 4.69) is 18.5 Å². The standard InChI is InChI=1S/C18H28N2O4P2/c1-5-21-17(25,22-6-2)15-16(18(26,23-7-3)24-8-4)20-14-12-10-9-11-13(14)19-15/h9-12H,5-8,25-26H2,1-4H3. The molecule has 0 radical (unpaired) electrons. The molecule has 0 aliphatic heterocycles. The van der Waals surface area contributed by atoms with Crippen LogP contribution in [-0.2, 0) is 30.0 Å². The van der Waals surface area contributed by atoms with E-state index in [0.29, 0.717) is 37.8 Å². The van der Waals surface area contributed by atoms with E-state index in [4.69, 9.17) is 28.9 Å². The number of hydrogen-bond acceptors (Lipinski definition) is 6. The molecule has 0 aliphatic carbocycles. The Kier molecular flexibility index (Phi) is 7.84. The SMILES string of the molecule is CCOC(P)(OCC)c1nc2ccccc2nc1C(P)(OCC)OCC. The zero-order chi connectivity index (χ0) is 19.2. The highest BCUT2D eigenvalue weighted by Crippen LogP contribution is 2.43. The van der Waals surface area contributed by atoms with Crippen LogP contribution < -0.4 is 0 Å². The molecule has 1 aromatic carbocycles. The average Bonchev–Trinajstić information content (AvgIpc) is 2.61. The van der Waals surface area contributed by atoms with Crippen LogP contribution in [0, 0.1) is 0 Å². The average molecular weight is 398 g/mol. The fourth-order valence-electron chi connectivity index (χ4n) is 2.70. The van der Waals surface area contributed by atoms with Gasteiger partial charge in [-0.2, -0.15) is 0 Å². The minimum Gasteiger partial charge on any atom is -0.342 e. The van der Waals surface area contributed by atoms with Gasteiger partial charge >= 0.3 is 0 Å². The Labute approximate surface area is 159 Å². The third-order valence-electron chi connectivity index (χ3n) is 3.67. The quantitative estimate of drug-likeness (QED) is 0.449. The molecule has 0 amide bonds. The molecule has 2 atom stereocenters. The highest BCUT2D eigenvalue weighted by molar-refractivity contribution is 7.18. The number of rotatable bonds is 10. The second-order valence-corrected chi connectivity index (χ2v) is 7.00. The maximum absolute atomic E-state index is 5.91. The molecule has 0 fully saturated rings. The summed E-state index contributed by atoms with van der Waals surface area (Å²) < 4.78 is 23.7. The number of para-hydroxylation sites is 2. The van der Waals surface area contributed by atoms with Crippen molar-refractivity contribution in [2.24, 2.45) is 0 Å². The van der Waals surface area contributed by atoms with Crippen LogP contribution in [0.15, 0.2) is 24.3 Å². The first-order chi connectivity index (χ1) is 12.4. The molecule has 0 spiro atoms. The van der Waals surface area contributed by atoms with Gasteiger partial charge in [0, 0.05) is 26.4 Å². The number of nitrogens with zero attached hydrogens (tertiary/aromatic N) is 2. The zero-order valence-electron chi connectivity index (χ0n) is 15.8. The molecule has 0 N–H and O–H groups in total. The van der Waals surface area contributed by atoms with E-state index in [1.54, 1.807) is 0 Å². The molecule has 26 heavy (non-hydrogen) atoms. The molecule has 0 bridgehead atoms. The lowest BCUT2D eigenvalue weighted by molar-refractivity contribution is -0.194. The monoisotopic (exact) mass is 398 g/mol. The summed E-state index contributed by atoms with van der Waals surface area (Å²) in [7, 11) is 5.24. The minimum absolute atomic E-state index is 0.449. The lowest BCUT2D eigenvalue weighted by Gasteiger charge is -2.35. The summed E-state index contributed by atoms with van der Waals surface area (Å²) in [5.41, 5.74) is 0.233. The normalized spacial score (nSPS) is 12.7. The number of aromatic nitrogens is 2. The van der Waals surface area contributed by atoms with E-state index in [0.717, 1.165) is 11.0 Å². The van der Waals surface area contributed by atoms with Crippen LogP contribution >= 0.6 is 18.5 Å². The van der Waals surface area contributed by atoms with Crippen molar-refractivity contribution in [3.63, 3.8) is 0 Å². The third-order valence-corrected chi connectivity index (χ3v) is 4.88. The molecule has 144 valence electrons. The predicted octanol–water partition coefficient (Wildman–Crippen LogP) is 3.75. The van der Waals surface area contributed by atoms with Crippen LogP contribution in [0.25, 0.3) is 11.0 Å². The highest BCUT2D eigenvalue weighted by atomic mass is 31.0. The van der Waals surface area contributed by atoms with E-state index in [1.807, 2.05) is 52.0 Å². The van der Waals surface area contributed by atoms with Gasteiger partial charge in [-0.25, -0.2) is 9.97 Å². The van der Waals surface area contributed by atoms with E-state index >= 15 is 0 Å². The van der Waals surface area contributed by atoms with Gasteiger partial charge in [-0.1, -0.05) is 30.6 Å². The summed E-state index contributed by atoms with van der Waals surface area (Å²) in [6.45, 7) is 9.43. The van der Waals surface area contributed by atoms with Gasteiger partial charge in [-0.05, 0) is 39.8 Å². The van der Waals surface area contributed by atoms with Crippen molar-refractivity contribution >= 4 is 29.5 Å². The number of fused-ring (bicyclic) bond motifs is 1. The molecule has 8 heteroatoms. The first-order valence-corrected chi connectivity index (χ1v) is 10.0. The molecule has 2 rings (SSSR count). The van der Waals surface area contributed by atoms with Crippen molar-refractivity contribution in [3.8, 4) is 0 Å². The summed E-state index contributed by atoms with van der Waals surface area (Å²) in [4.78, 5) is 9.62. The second kappa shape index (κ2) is 9.45. The number of ether oxygens (including phenoxy) is 4. The molecular weight excluding hydrogens is 370 g/mol. The van der Waals surface area contributed by atoms with Gasteiger partial charge in [0.1, 0.15) is 11.4 Å². The third kappa shape index (κ3) is 4.56. The lowest BCUT2D eigenvalue weighted by Crippen LogP contribution is -2.36. The van der Waals surface area contributed by atoms with Gasteiger partial charge in [0.2, 0.25) is 11.1 Å². The van der Waals surface area contributed by atoms with Crippen molar-refractivity contribution in [2.45, 2.75) is 38.8 Å². The summed E-state index contributed by atoms with van der Waals surface area (Å²) in [6, 6.07) is 7.66. The molecule has 1 aromatic heterocycles. The summed E-state index contributed by atoms with van der Waals surface area (Å²) in [5.74, 6) is 0. The smallest absolute Gasteiger partial charge is 0.227 e. The Morgan fingerprint density at radius 1 is 0.692 bits per heavy atom.